The fraction of sp³-hybridized carbons (Fsp3) is 0.636. The van der Waals surface area contributed by atoms with Gasteiger partial charge in [-0.25, -0.2) is 0 Å². The summed E-state index contributed by atoms with van der Waals surface area (Å²) >= 11 is 0. The maximum atomic E-state index is 12.9. The molecule has 2 aliphatic heterocycles. The van der Waals surface area contributed by atoms with Gasteiger partial charge in [0.2, 0.25) is 23.6 Å². The average Bonchev–Trinajstić information content (AvgIpc) is 3.14. The third-order valence-electron chi connectivity index (χ3n) is 11.3. The van der Waals surface area contributed by atoms with Crippen molar-refractivity contribution in [3.05, 3.63) is 47.5 Å². The second kappa shape index (κ2) is 22.0. The van der Waals surface area contributed by atoms with Crippen molar-refractivity contribution in [2.75, 3.05) is 47.7 Å². The molecule has 4 rings (SSSR count). The van der Waals surface area contributed by atoms with Gasteiger partial charge < -0.3 is 41.3 Å². The van der Waals surface area contributed by atoms with Gasteiger partial charge in [0.05, 0.1) is 25.3 Å². The molecule has 0 aromatic heterocycles. The molecule has 2 heterocycles. The number of hydrogen-bond donors (Lipinski definition) is 6. The van der Waals surface area contributed by atoms with Crippen molar-refractivity contribution >= 4 is 46.4 Å². The van der Waals surface area contributed by atoms with Crippen LogP contribution in [0.2, 0.25) is 0 Å². The van der Waals surface area contributed by atoms with Gasteiger partial charge in [0.25, 0.3) is 0 Å². The van der Waals surface area contributed by atoms with Gasteiger partial charge in [0.1, 0.15) is 12.1 Å². The molecular weight excluding hydrogens is 709 g/mol. The molecule has 0 spiro atoms. The highest BCUT2D eigenvalue weighted by molar-refractivity contribution is 5.93. The first-order chi connectivity index (χ1) is 26.8. The molecular formula is C44H68N6O6. The quantitative estimate of drug-likeness (QED) is 0.0957. The Hall–Kier alpha value is -4.16. The van der Waals surface area contributed by atoms with E-state index >= 15 is 0 Å². The first-order valence-corrected chi connectivity index (χ1v) is 21.0. The fourth-order valence-electron chi connectivity index (χ4n) is 8.32. The number of unbranched alkanes of at least 4 members (excludes halogenated alkanes) is 9. The van der Waals surface area contributed by atoms with Crippen LogP contribution in [0.15, 0.2) is 36.4 Å². The Morgan fingerprint density at radius 1 is 0.625 bits per heavy atom. The van der Waals surface area contributed by atoms with Crippen molar-refractivity contribution in [3.8, 4) is 0 Å². The first-order valence-electron chi connectivity index (χ1n) is 21.0. The van der Waals surface area contributed by atoms with E-state index in [0.29, 0.717) is 31.4 Å². The highest BCUT2D eigenvalue weighted by atomic mass is 16.3. The van der Waals surface area contributed by atoms with E-state index < -0.39 is 0 Å². The third kappa shape index (κ3) is 12.7. The number of carbonyl (C=O) groups is 4. The molecule has 2 aliphatic rings. The van der Waals surface area contributed by atoms with Crippen molar-refractivity contribution in [1.82, 2.24) is 10.6 Å². The maximum absolute atomic E-state index is 12.9. The van der Waals surface area contributed by atoms with Crippen LogP contribution < -0.4 is 31.1 Å². The minimum Gasteiger partial charge on any atom is -0.394 e. The van der Waals surface area contributed by atoms with E-state index in [4.69, 9.17) is 0 Å². The number of benzene rings is 2. The van der Waals surface area contributed by atoms with Crippen LogP contribution in [0.4, 0.5) is 22.7 Å². The number of likely N-dealkylation sites (N-methyl/N-ethyl adjacent to an activating group) is 2. The van der Waals surface area contributed by atoms with Crippen molar-refractivity contribution in [2.45, 2.75) is 142 Å². The number of nitrogens with one attached hydrogen (secondary N) is 4. The Bertz CT molecular complexity index is 1610. The van der Waals surface area contributed by atoms with E-state index in [1.807, 2.05) is 88.0 Å². The third-order valence-corrected chi connectivity index (χ3v) is 11.3. The van der Waals surface area contributed by atoms with Crippen LogP contribution in [0.25, 0.3) is 0 Å². The fourth-order valence-corrected chi connectivity index (χ4v) is 8.32. The predicted molar refractivity (Wildman–Crippen MR) is 225 cm³/mol. The molecule has 0 saturated heterocycles. The van der Waals surface area contributed by atoms with Crippen LogP contribution >= 0.6 is 0 Å². The summed E-state index contributed by atoms with van der Waals surface area (Å²) in [7, 11) is 3.83. The Labute approximate surface area is 334 Å². The van der Waals surface area contributed by atoms with Crippen LogP contribution in [0.1, 0.15) is 116 Å². The highest BCUT2D eigenvalue weighted by Crippen LogP contribution is 2.32. The number of nitrogens with zero attached hydrogens (tertiary/aromatic N) is 2. The van der Waals surface area contributed by atoms with Crippen LogP contribution in [-0.2, 0) is 32.0 Å². The Morgan fingerprint density at radius 2 is 1.04 bits per heavy atom. The molecule has 0 bridgehead atoms. The van der Waals surface area contributed by atoms with E-state index in [9.17, 15) is 29.4 Å². The van der Waals surface area contributed by atoms with E-state index in [-0.39, 0.29) is 72.8 Å². The second-order valence-electron chi connectivity index (χ2n) is 16.6. The largest absolute Gasteiger partial charge is 0.394 e. The van der Waals surface area contributed by atoms with Gasteiger partial charge in [-0.1, -0.05) is 85.1 Å². The van der Waals surface area contributed by atoms with Crippen LogP contribution in [0.5, 0.6) is 0 Å². The summed E-state index contributed by atoms with van der Waals surface area (Å²) in [4.78, 5) is 55.3. The summed E-state index contributed by atoms with van der Waals surface area (Å²) in [5.41, 5.74) is 5.30. The molecule has 0 aliphatic carbocycles. The highest BCUT2D eigenvalue weighted by Gasteiger charge is 2.34. The number of fused-ring (bicyclic) bond motifs is 2. The maximum Gasteiger partial charge on any atom is 0.243 e. The molecule has 6 N–H and O–H groups in total. The van der Waals surface area contributed by atoms with Crippen LogP contribution in [0, 0.1) is 11.8 Å². The lowest BCUT2D eigenvalue weighted by Crippen LogP contribution is -2.54. The zero-order valence-corrected chi connectivity index (χ0v) is 34.7. The molecule has 4 amide bonds. The van der Waals surface area contributed by atoms with Gasteiger partial charge in [-0.15, -0.1) is 0 Å². The second-order valence-corrected chi connectivity index (χ2v) is 16.6. The zero-order chi connectivity index (χ0) is 40.8. The van der Waals surface area contributed by atoms with E-state index in [2.05, 4.69) is 21.3 Å². The standard InChI is InChI=1S/C44H68N6O6/c1-29(2)41-43(55)48-36(28-52)25-32-24-33(21-22-37(32)49(41)5)45-39(53)17-15-13-11-9-7-8-10-12-14-16-18-40(54)46-34-20-19-31-23-35(27-51)47-44(56)42(30(3)4)50(6)38(31)26-34/h19-22,24,26,29-30,35-36,41-42,51-52H,7-18,23,25,27-28H2,1-6H3,(H,45,53)(H,46,54)(H,47,56)(H,48,55)/t35-,36-,41-,42-/m0/s1. The number of aliphatic hydroxyl groups is 2. The van der Waals surface area contributed by atoms with Gasteiger partial charge in [0, 0.05) is 49.7 Å². The predicted octanol–water partition coefficient (Wildman–Crippen LogP) is 5.93. The Morgan fingerprint density at radius 3 is 1.50 bits per heavy atom. The average molecular weight is 777 g/mol. The number of rotatable bonds is 19. The van der Waals surface area contributed by atoms with Gasteiger partial charge in [0.15, 0.2) is 0 Å². The SMILES string of the molecule is CC(C)[C@H]1C(=O)N[C@H](CO)Cc2cc(NC(=O)CCCCCCCCCCCCC(=O)Nc3ccc4c(c3)N(C)[C@@H](C(C)C)C(=O)N[C@H](CO)C4)ccc2N1C. The number of anilines is 4. The molecule has 0 radical (unpaired) electrons. The zero-order valence-electron chi connectivity index (χ0n) is 34.7. The monoisotopic (exact) mass is 777 g/mol. The molecule has 2 aromatic rings. The Kier molecular flexibility index (Phi) is 17.5. The van der Waals surface area contributed by atoms with Crippen molar-refractivity contribution in [3.63, 3.8) is 0 Å². The number of aliphatic hydroxyl groups excluding tert-OH is 2. The summed E-state index contributed by atoms with van der Waals surface area (Å²) in [6.07, 6.45) is 12.5. The molecule has 310 valence electrons. The molecule has 0 fully saturated rings. The summed E-state index contributed by atoms with van der Waals surface area (Å²) in [5, 5.41) is 31.8. The number of carbonyl (C=O) groups excluding carboxylic acids is 4. The summed E-state index contributed by atoms with van der Waals surface area (Å²) in [6, 6.07) is 10.2. The first kappa shape index (κ1) is 44.6. The smallest absolute Gasteiger partial charge is 0.243 e. The molecule has 0 unspecified atom stereocenters. The lowest BCUT2D eigenvalue weighted by Gasteiger charge is -2.37. The summed E-state index contributed by atoms with van der Waals surface area (Å²) in [5.74, 6) is -0.0355. The number of hydrogen-bond acceptors (Lipinski definition) is 8. The molecule has 4 atom stereocenters. The van der Waals surface area contributed by atoms with Crippen LogP contribution in [-0.4, -0.2) is 85.3 Å². The molecule has 12 heteroatoms. The van der Waals surface area contributed by atoms with Crippen molar-refractivity contribution in [2.24, 2.45) is 11.8 Å². The molecule has 12 nitrogen and oxygen atoms in total. The molecule has 0 saturated carbocycles. The minimum atomic E-state index is -0.381. The van der Waals surface area contributed by atoms with Gasteiger partial charge in [-0.2, -0.15) is 0 Å². The minimum absolute atomic E-state index is 0.00172. The molecule has 56 heavy (non-hydrogen) atoms. The van der Waals surface area contributed by atoms with E-state index in [0.717, 1.165) is 79.6 Å². The van der Waals surface area contributed by atoms with E-state index in [1.165, 1.54) is 12.8 Å². The summed E-state index contributed by atoms with van der Waals surface area (Å²) < 4.78 is 0. The van der Waals surface area contributed by atoms with Gasteiger partial charge in [-0.3, -0.25) is 19.2 Å². The normalized spacial score (nSPS) is 20.0. The molecule has 2 aromatic carbocycles. The Balaban J connectivity index is 1.08. The summed E-state index contributed by atoms with van der Waals surface area (Å²) in [6.45, 7) is 7.77. The van der Waals surface area contributed by atoms with E-state index in [1.54, 1.807) is 0 Å². The topological polar surface area (TPSA) is 163 Å². The van der Waals surface area contributed by atoms with Gasteiger partial charge >= 0.3 is 0 Å². The van der Waals surface area contributed by atoms with Crippen molar-refractivity contribution < 1.29 is 29.4 Å². The van der Waals surface area contributed by atoms with Crippen LogP contribution in [0.3, 0.4) is 0 Å². The lowest BCUT2D eigenvalue weighted by atomic mass is 9.95. The van der Waals surface area contributed by atoms with Gasteiger partial charge in [-0.05, 0) is 79.0 Å². The van der Waals surface area contributed by atoms with Crippen molar-refractivity contribution in [1.29, 1.82) is 0 Å². The lowest BCUT2D eigenvalue weighted by molar-refractivity contribution is -0.125. The number of amides is 4.